The lowest BCUT2D eigenvalue weighted by atomic mass is 9.92. The molecular weight excluding hydrogens is 1890 g/mol. The maximum Gasteiger partial charge on any atom is 0.219 e. The van der Waals surface area contributed by atoms with Crippen LogP contribution in [0.25, 0.3) is 44.5 Å². The summed E-state index contributed by atoms with van der Waals surface area (Å²) in [6.07, 6.45) is 31.3. The number of amides is 4. The molecule has 1 saturated carbocycles. The largest absolute Gasteiger partial charge is 0.381 e. The van der Waals surface area contributed by atoms with Crippen LogP contribution in [0.2, 0.25) is 0 Å². The molecule has 0 atom stereocenters. The summed E-state index contributed by atoms with van der Waals surface area (Å²) in [5, 5.41) is 70.4. The molecular formula is C116H124N26O8. The number of hydrogen-bond acceptors (Lipinski definition) is 26. The molecule has 25 rings (SSSR count). The summed E-state index contributed by atoms with van der Waals surface area (Å²) in [5.74, 6) is 4.66. The van der Waals surface area contributed by atoms with Crippen molar-refractivity contribution in [3.63, 3.8) is 0 Å². The number of anilines is 8. The Balaban J connectivity index is 0.000000113. The van der Waals surface area contributed by atoms with Crippen LogP contribution in [-0.4, -0.2) is 212 Å². The van der Waals surface area contributed by atoms with Gasteiger partial charge in [-0.1, -0.05) is 12.1 Å². The van der Waals surface area contributed by atoms with E-state index in [1.54, 1.807) is 52.4 Å². The number of ether oxygens (including phenoxy) is 4. The first kappa shape index (κ1) is 99.2. The molecule has 0 spiro atoms. The van der Waals surface area contributed by atoms with E-state index in [0.29, 0.717) is 97.3 Å². The van der Waals surface area contributed by atoms with Crippen molar-refractivity contribution in [3.8, 4) is 74.9 Å². The van der Waals surface area contributed by atoms with Crippen LogP contribution >= 0.6 is 0 Å². The quantitative estimate of drug-likeness (QED) is 0.103. The number of nitrogens with zero attached hydrogens (tertiary/aromatic N) is 26. The molecule has 4 amide bonds. The van der Waals surface area contributed by atoms with Crippen LogP contribution in [0.15, 0.2) is 122 Å². The summed E-state index contributed by atoms with van der Waals surface area (Å²) in [4.78, 5) is 87.6. The molecule has 20 heterocycles. The Bertz CT molecular complexity index is 7390. The average molecular weight is 2010 g/mol. The molecule has 0 N–H and O–H groups in total. The zero-order valence-electron chi connectivity index (χ0n) is 86.0. The fourth-order valence-corrected chi connectivity index (χ4v) is 24.2. The molecule has 12 aromatic rings. The van der Waals surface area contributed by atoms with Crippen molar-refractivity contribution in [2.45, 2.75) is 232 Å². The van der Waals surface area contributed by atoms with Gasteiger partial charge in [0.2, 0.25) is 23.6 Å². The molecule has 766 valence electrons. The highest BCUT2D eigenvalue weighted by molar-refractivity contribution is 5.86. The third kappa shape index (κ3) is 19.9. The van der Waals surface area contributed by atoms with Crippen LogP contribution in [0.4, 0.5) is 46.0 Å². The van der Waals surface area contributed by atoms with Crippen LogP contribution in [0.1, 0.15) is 254 Å². The average Bonchev–Trinajstić information content (AvgIpc) is 1.56. The second kappa shape index (κ2) is 43.4. The number of carbonyl (C=O) groups is 4. The highest BCUT2D eigenvalue weighted by Gasteiger charge is 2.42. The molecule has 0 bridgehead atoms. The van der Waals surface area contributed by atoms with E-state index in [4.69, 9.17) is 49.6 Å². The van der Waals surface area contributed by atoms with Gasteiger partial charge >= 0.3 is 0 Å². The minimum absolute atomic E-state index is 0.0758. The van der Waals surface area contributed by atoms with Gasteiger partial charge in [0.15, 0.2) is 23.3 Å². The number of pyridine rings is 3. The number of aryl methyl sites for hydroxylation is 5. The van der Waals surface area contributed by atoms with E-state index in [2.05, 4.69) is 119 Å². The summed E-state index contributed by atoms with van der Waals surface area (Å²) in [5.41, 5.74) is 30.5. The minimum atomic E-state index is 0.0758. The van der Waals surface area contributed by atoms with Crippen LogP contribution in [0, 0.1) is 63.6 Å². The van der Waals surface area contributed by atoms with Crippen LogP contribution in [0.5, 0.6) is 0 Å². The van der Waals surface area contributed by atoms with E-state index in [1.165, 1.54) is 58.6 Å². The van der Waals surface area contributed by atoms with E-state index in [0.717, 1.165) is 350 Å². The number of hydrogen-bond donors (Lipinski definition) is 0. The zero-order chi connectivity index (χ0) is 103. The first-order chi connectivity index (χ1) is 73.3. The van der Waals surface area contributed by atoms with Crippen molar-refractivity contribution in [1.82, 2.24) is 83.6 Å². The Hall–Kier alpha value is -15.4. The molecule has 12 aliphatic heterocycles. The number of nitriles is 5. The second-order valence-electron chi connectivity index (χ2n) is 41.6. The maximum atomic E-state index is 12.3. The van der Waals surface area contributed by atoms with E-state index < -0.39 is 0 Å². The monoisotopic (exact) mass is 2010 g/mol. The fourth-order valence-electron chi connectivity index (χ4n) is 24.2. The number of benzene rings is 4. The third-order valence-electron chi connectivity index (χ3n) is 32.4. The second-order valence-corrected chi connectivity index (χ2v) is 41.6. The standard InChI is InChI=1S/C31H34N6O2.C29H29N7O2.C29H32N6O2.C27H29N7O2/c1-20(38)35-12-8-29-27(19-35)31(34-37(29)25-9-13-39-14-10-25)36-11-2-3-22-15-26(24(17-32)16-30(22)36)23-6-7-28(33-18-23)21-4-5-21;1-19(37)34-10-6-27-26(18-34)29(33-36(27)24-7-11-38-12-8-24)35-9-2-3-20-13-25(22(15-30)14-28(20)35)21-4-5-23(16-31)32-17-21;1-19-5-6-22(17-31-19)25-14-21-4-3-10-34(28(21)15-23(25)16-30)29-26-18-33(20(2)36)11-7-27(26)35(32-29)24-8-12-37-13-9-24;1-18(35)32-8-4-25-24(16-32)27(31-34(25)22-5-9-36-10-6-22)33-7-2-3-19-11-23(20(13-28)12-26(19)33)21-14-29-17-30-15-21/h6-7,15-16,18,21,25H,2-5,8-14,19H2,1H3;4-5,13-14,17,24H,2-3,6-12,18H2,1H3;5-6,14-15,17,24H,3-4,7-13,18H2,1-2H3;11-12,14-15,17,22H,2-10,16H2,1H3. The van der Waals surface area contributed by atoms with Gasteiger partial charge in [-0.15, -0.1) is 0 Å². The van der Waals surface area contributed by atoms with Crippen molar-refractivity contribution in [3.05, 3.63) is 229 Å². The van der Waals surface area contributed by atoms with Gasteiger partial charge < -0.3 is 58.1 Å². The molecule has 8 aromatic heterocycles. The zero-order valence-corrected chi connectivity index (χ0v) is 86.0. The summed E-state index contributed by atoms with van der Waals surface area (Å²) >= 11 is 0. The van der Waals surface area contributed by atoms with Crippen molar-refractivity contribution >= 4 is 69.6 Å². The van der Waals surface area contributed by atoms with Crippen molar-refractivity contribution in [2.24, 2.45) is 0 Å². The van der Waals surface area contributed by atoms with Gasteiger partial charge in [-0.3, -0.25) is 47.9 Å². The highest BCUT2D eigenvalue weighted by atomic mass is 16.5. The first-order valence-corrected chi connectivity index (χ1v) is 53.5. The van der Waals surface area contributed by atoms with Gasteiger partial charge in [0, 0.05) is 319 Å². The third-order valence-corrected chi connectivity index (χ3v) is 32.4. The van der Waals surface area contributed by atoms with E-state index >= 15 is 0 Å². The lowest BCUT2D eigenvalue weighted by Gasteiger charge is -2.33. The Morgan fingerprint density at radius 2 is 0.613 bits per heavy atom. The number of carbonyl (C=O) groups excluding carboxylic acids is 4. The lowest BCUT2D eigenvalue weighted by Crippen LogP contribution is -2.36. The smallest absolute Gasteiger partial charge is 0.219 e. The first-order valence-electron chi connectivity index (χ1n) is 53.5. The SMILES string of the molecule is CC(=O)N1CCc2c(c(N3CCCc4cc(-c5ccc(C#N)nc5)c(C#N)cc43)nn2C2CCOCC2)C1.CC(=O)N1CCc2c(c(N3CCCc4cc(-c5ccc(C)nc5)c(C#N)cc43)nn2C2CCOCC2)C1.CC(=O)N1CCc2c(c(N3CCCc4cc(-c5ccc(C6CC6)nc5)c(C#N)cc43)nn2C2CCOCC2)C1.CC(=O)N1CCc2c(c(N3CCCc4cc(-c5cncnc5)c(C#N)cc43)nn2C2CCOCC2)C1. The van der Waals surface area contributed by atoms with Gasteiger partial charge in [0.1, 0.15) is 18.1 Å². The van der Waals surface area contributed by atoms with Gasteiger partial charge in [0.05, 0.1) is 96.9 Å². The summed E-state index contributed by atoms with van der Waals surface area (Å²) in [7, 11) is 0. The number of fused-ring (bicyclic) bond motifs is 8. The molecule has 0 radical (unpaired) electrons. The molecule has 0 unspecified atom stereocenters. The predicted molar refractivity (Wildman–Crippen MR) is 563 cm³/mol. The molecule has 13 aliphatic rings. The Labute approximate surface area is 873 Å². The van der Waals surface area contributed by atoms with Crippen molar-refractivity contribution in [2.75, 3.05) is 125 Å². The van der Waals surface area contributed by atoms with Crippen molar-refractivity contribution < 1.29 is 38.1 Å². The van der Waals surface area contributed by atoms with Gasteiger partial charge in [-0.2, -0.15) is 46.7 Å². The summed E-state index contributed by atoms with van der Waals surface area (Å²) < 4.78 is 31.4. The Morgan fingerprint density at radius 3 is 0.873 bits per heavy atom. The van der Waals surface area contributed by atoms with E-state index in [9.17, 15) is 40.2 Å². The molecule has 34 heteroatoms. The molecule has 5 fully saturated rings. The number of aromatic nitrogens is 13. The molecule has 34 nitrogen and oxygen atoms in total. The van der Waals surface area contributed by atoms with Crippen molar-refractivity contribution in [1.29, 1.82) is 26.3 Å². The minimum Gasteiger partial charge on any atom is -0.381 e. The van der Waals surface area contributed by atoms with Crippen LogP contribution in [-0.2, 0) is 116 Å². The molecule has 150 heavy (non-hydrogen) atoms. The normalized spacial score (nSPS) is 18.1. The van der Waals surface area contributed by atoms with Gasteiger partial charge in [-0.05, 0) is 218 Å². The Morgan fingerprint density at radius 1 is 0.320 bits per heavy atom. The summed E-state index contributed by atoms with van der Waals surface area (Å²) in [6.45, 7) is 22.9. The molecule has 4 saturated heterocycles. The van der Waals surface area contributed by atoms with Gasteiger partial charge in [0.25, 0.3) is 0 Å². The molecule has 1 aliphatic carbocycles. The van der Waals surface area contributed by atoms with Crippen LogP contribution in [0.3, 0.4) is 0 Å². The maximum absolute atomic E-state index is 12.3. The molecule has 4 aromatic carbocycles. The summed E-state index contributed by atoms with van der Waals surface area (Å²) in [6, 6.07) is 41.3. The number of rotatable bonds is 13. The lowest BCUT2D eigenvalue weighted by molar-refractivity contribution is -0.130. The van der Waals surface area contributed by atoms with Crippen LogP contribution < -0.4 is 19.6 Å². The topological polar surface area (TPSA) is 386 Å². The predicted octanol–water partition coefficient (Wildman–Crippen LogP) is 17.1. The Kier molecular flexibility index (Phi) is 28.7. The van der Waals surface area contributed by atoms with E-state index in [1.807, 2.05) is 87.5 Å². The highest BCUT2D eigenvalue weighted by Crippen LogP contribution is 2.50. The van der Waals surface area contributed by atoms with E-state index in [-0.39, 0.29) is 23.6 Å². The van der Waals surface area contributed by atoms with Gasteiger partial charge in [-0.25, -0.2) is 15.0 Å². The fraction of sp³-hybridized carbons (Fsp3) is 0.448.